The molecule has 1 N–H and O–H groups in total. The third-order valence-electron chi connectivity index (χ3n) is 4.22. The standard InChI is InChI=1S/C19H23N5O3/c1-13(2)9-23(11-14-8-20-22(3)10-14)18(26)15-4-6-16(7-5-15)24-12-17(25)21-19(24)27/h4-8,10,13H,9,11-12H2,1-3H3,(H,21,25,27). The molecule has 0 bridgehead atoms. The molecule has 2 heterocycles. The highest BCUT2D eigenvalue weighted by molar-refractivity contribution is 6.12. The van der Waals surface area contributed by atoms with Gasteiger partial charge in [-0.05, 0) is 30.2 Å². The van der Waals surface area contributed by atoms with E-state index in [1.54, 1.807) is 40.0 Å². The molecule has 0 saturated carbocycles. The number of amides is 4. The summed E-state index contributed by atoms with van der Waals surface area (Å²) in [4.78, 5) is 39.2. The summed E-state index contributed by atoms with van der Waals surface area (Å²) in [5.74, 6) is -0.0926. The van der Waals surface area contributed by atoms with E-state index in [2.05, 4.69) is 24.3 Å². The predicted octanol–water partition coefficient (Wildman–Crippen LogP) is 1.77. The summed E-state index contributed by atoms with van der Waals surface area (Å²) < 4.78 is 1.71. The first kappa shape index (κ1) is 18.6. The van der Waals surface area contributed by atoms with Crippen LogP contribution in [0.25, 0.3) is 0 Å². The van der Waals surface area contributed by atoms with Crippen molar-refractivity contribution in [3.05, 3.63) is 47.8 Å². The minimum atomic E-state index is -0.447. The Morgan fingerprint density at radius 1 is 1.26 bits per heavy atom. The maximum Gasteiger partial charge on any atom is 0.329 e. The van der Waals surface area contributed by atoms with Crippen molar-refractivity contribution in [3.8, 4) is 0 Å². The fraction of sp³-hybridized carbons (Fsp3) is 0.368. The van der Waals surface area contributed by atoms with Gasteiger partial charge in [0.2, 0.25) is 5.91 Å². The molecule has 0 spiro atoms. The Kier molecular flexibility index (Phi) is 5.25. The third-order valence-corrected chi connectivity index (χ3v) is 4.22. The van der Waals surface area contributed by atoms with Gasteiger partial charge in [0.15, 0.2) is 0 Å². The average molecular weight is 369 g/mol. The summed E-state index contributed by atoms with van der Waals surface area (Å²) in [5, 5.41) is 6.39. The quantitative estimate of drug-likeness (QED) is 0.786. The lowest BCUT2D eigenvalue weighted by atomic mass is 10.1. The normalized spacial score (nSPS) is 14.0. The fourth-order valence-corrected chi connectivity index (χ4v) is 3.05. The zero-order chi connectivity index (χ0) is 19.6. The lowest BCUT2D eigenvalue weighted by Crippen LogP contribution is -2.33. The van der Waals surface area contributed by atoms with Gasteiger partial charge in [0.1, 0.15) is 6.54 Å². The number of aromatic nitrogens is 2. The van der Waals surface area contributed by atoms with Crippen LogP contribution in [-0.4, -0.2) is 45.6 Å². The van der Waals surface area contributed by atoms with Crippen LogP contribution in [0.5, 0.6) is 0 Å². The summed E-state index contributed by atoms with van der Waals surface area (Å²) >= 11 is 0. The average Bonchev–Trinajstić information content (AvgIpc) is 3.18. The van der Waals surface area contributed by atoms with E-state index in [1.165, 1.54) is 4.90 Å². The molecule has 1 saturated heterocycles. The SMILES string of the molecule is CC(C)CN(Cc1cnn(C)c1)C(=O)c1ccc(N2CC(=O)NC2=O)cc1. The number of rotatable bonds is 6. The number of imide groups is 1. The maximum atomic E-state index is 13.0. The van der Waals surface area contributed by atoms with Crippen LogP contribution in [0.2, 0.25) is 0 Å². The molecule has 8 heteroatoms. The number of nitrogens with one attached hydrogen (secondary N) is 1. The van der Waals surface area contributed by atoms with Crippen LogP contribution in [0.1, 0.15) is 29.8 Å². The number of aryl methyl sites for hydroxylation is 1. The van der Waals surface area contributed by atoms with Crippen LogP contribution in [0.3, 0.4) is 0 Å². The Bertz CT molecular complexity index is 856. The molecule has 3 rings (SSSR count). The van der Waals surface area contributed by atoms with Crippen molar-refractivity contribution >= 4 is 23.5 Å². The second-order valence-corrected chi connectivity index (χ2v) is 7.09. The summed E-state index contributed by atoms with van der Waals surface area (Å²) in [6.45, 7) is 5.23. The van der Waals surface area contributed by atoms with Crippen molar-refractivity contribution < 1.29 is 14.4 Å². The number of hydrogen-bond donors (Lipinski definition) is 1. The van der Waals surface area contributed by atoms with Crippen molar-refractivity contribution in [1.82, 2.24) is 20.0 Å². The Morgan fingerprint density at radius 3 is 2.48 bits per heavy atom. The van der Waals surface area contributed by atoms with Crippen molar-refractivity contribution in [2.45, 2.75) is 20.4 Å². The highest BCUT2D eigenvalue weighted by Crippen LogP contribution is 2.19. The summed E-state index contributed by atoms with van der Waals surface area (Å²) in [6.07, 6.45) is 3.65. The lowest BCUT2D eigenvalue weighted by Gasteiger charge is -2.24. The van der Waals surface area contributed by atoms with Crippen LogP contribution in [0, 0.1) is 5.92 Å². The first-order chi connectivity index (χ1) is 12.8. The van der Waals surface area contributed by atoms with E-state index >= 15 is 0 Å². The maximum absolute atomic E-state index is 13.0. The Labute approximate surface area is 157 Å². The first-order valence-corrected chi connectivity index (χ1v) is 8.81. The second kappa shape index (κ2) is 7.61. The van der Waals surface area contributed by atoms with Crippen LogP contribution in [0.4, 0.5) is 10.5 Å². The summed E-state index contributed by atoms with van der Waals surface area (Å²) in [6, 6.07) is 6.29. The highest BCUT2D eigenvalue weighted by Gasteiger charge is 2.28. The van der Waals surface area contributed by atoms with E-state index in [0.717, 1.165) is 5.56 Å². The van der Waals surface area contributed by atoms with Crippen LogP contribution in [0.15, 0.2) is 36.7 Å². The smallest absolute Gasteiger partial charge is 0.329 e. The molecule has 1 aromatic carbocycles. The van der Waals surface area contributed by atoms with Gasteiger partial charge in [0, 0.05) is 43.1 Å². The molecule has 0 radical (unpaired) electrons. The van der Waals surface area contributed by atoms with E-state index < -0.39 is 6.03 Å². The van der Waals surface area contributed by atoms with Gasteiger partial charge < -0.3 is 4.90 Å². The van der Waals surface area contributed by atoms with Gasteiger partial charge >= 0.3 is 6.03 Å². The number of urea groups is 1. The number of carbonyl (C=O) groups excluding carboxylic acids is 3. The molecule has 0 unspecified atom stereocenters. The number of hydrogen-bond acceptors (Lipinski definition) is 4. The molecule has 2 aromatic rings. The van der Waals surface area contributed by atoms with Crippen LogP contribution in [-0.2, 0) is 18.4 Å². The number of anilines is 1. The molecule has 4 amide bonds. The molecule has 1 aromatic heterocycles. The largest absolute Gasteiger partial charge is 0.334 e. The minimum Gasteiger partial charge on any atom is -0.334 e. The van der Waals surface area contributed by atoms with Gasteiger partial charge in [0.25, 0.3) is 5.91 Å². The minimum absolute atomic E-state index is 0.00733. The van der Waals surface area contributed by atoms with E-state index in [4.69, 9.17) is 0 Å². The van der Waals surface area contributed by atoms with E-state index in [1.807, 2.05) is 13.2 Å². The van der Waals surface area contributed by atoms with Gasteiger partial charge in [-0.25, -0.2) is 4.79 Å². The van der Waals surface area contributed by atoms with E-state index in [0.29, 0.717) is 30.3 Å². The number of carbonyl (C=O) groups is 3. The Hall–Kier alpha value is -3.16. The van der Waals surface area contributed by atoms with Gasteiger partial charge in [-0.1, -0.05) is 13.8 Å². The first-order valence-electron chi connectivity index (χ1n) is 8.81. The molecule has 0 atom stereocenters. The zero-order valence-corrected chi connectivity index (χ0v) is 15.7. The van der Waals surface area contributed by atoms with Gasteiger partial charge in [0.05, 0.1) is 6.20 Å². The van der Waals surface area contributed by atoms with Crippen LogP contribution >= 0.6 is 0 Å². The molecular formula is C19H23N5O3. The monoisotopic (exact) mass is 369 g/mol. The third kappa shape index (κ3) is 4.33. The Morgan fingerprint density at radius 2 is 1.96 bits per heavy atom. The van der Waals surface area contributed by atoms with Crippen molar-refractivity contribution in [3.63, 3.8) is 0 Å². The van der Waals surface area contributed by atoms with E-state index in [-0.39, 0.29) is 18.4 Å². The fourth-order valence-electron chi connectivity index (χ4n) is 3.05. The highest BCUT2D eigenvalue weighted by atomic mass is 16.2. The van der Waals surface area contributed by atoms with Gasteiger partial charge in [-0.3, -0.25) is 24.5 Å². The predicted molar refractivity (Wildman–Crippen MR) is 100 cm³/mol. The number of nitrogens with zero attached hydrogens (tertiary/aromatic N) is 4. The van der Waals surface area contributed by atoms with Crippen molar-refractivity contribution in [2.75, 3.05) is 18.0 Å². The summed E-state index contributed by atoms with van der Waals surface area (Å²) in [5.41, 5.74) is 2.09. The van der Waals surface area contributed by atoms with Gasteiger partial charge in [-0.15, -0.1) is 0 Å². The number of benzene rings is 1. The molecular weight excluding hydrogens is 346 g/mol. The topological polar surface area (TPSA) is 87.5 Å². The lowest BCUT2D eigenvalue weighted by molar-refractivity contribution is -0.117. The Balaban J connectivity index is 1.76. The van der Waals surface area contributed by atoms with E-state index in [9.17, 15) is 14.4 Å². The molecule has 1 aliphatic rings. The van der Waals surface area contributed by atoms with Crippen molar-refractivity contribution in [1.29, 1.82) is 0 Å². The summed E-state index contributed by atoms with van der Waals surface area (Å²) in [7, 11) is 1.84. The van der Waals surface area contributed by atoms with Gasteiger partial charge in [-0.2, -0.15) is 5.10 Å². The molecule has 0 aliphatic carbocycles. The van der Waals surface area contributed by atoms with Crippen LogP contribution < -0.4 is 10.2 Å². The molecule has 1 fully saturated rings. The molecule has 1 aliphatic heterocycles. The zero-order valence-electron chi connectivity index (χ0n) is 15.7. The second-order valence-electron chi connectivity index (χ2n) is 7.09. The molecule has 27 heavy (non-hydrogen) atoms. The molecule has 8 nitrogen and oxygen atoms in total. The molecule has 142 valence electrons. The van der Waals surface area contributed by atoms with Crippen molar-refractivity contribution in [2.24, 2.45) is 13.0 Å².